The summed E-state index contributed by atoms with van der Waals surface area (Å²) in [6.45, 7) is 1.46. The zero-order valence-electron chi connectivity index (χ0n) is 14.4. The molecule has 0 aliphatic heterocycles. The molecule has 1 aliphatic carbocycles. The smallest absolute Gasteiger partial charge is 0.258 e. The van der Waals surface area contributed by atoms with Crippen LogP contribution in [0.25, 0.3) is 0 Å². The van der Waals surface area contributed by atoms with Crippen LogP contribution in [0.2, 0.25) is 0 Å². The van der Waals surface area contributed by atoms with Gasteiger partial charge in [-0.3, -0.25) is 10.1 Å². The lowest BCUT2D eigenvalue weighted by molar-refractivity contribution is -0.384. The third-order valence-electron chi connectivity index (χ3n) is 4.13. The first kappa shape index (κ1) is 20.7. The number of nitro benzene ring substituents is 1. The van der Waals surface area contributed by atoms with E-state index in [9.17, 15) is 26.9 Å². The Balaban J connectivity index is 1.98. The summed E-state index contributed by atoms with van der Waals surface area (Å²) in [5.41, 5.74) is -0.226. The summed E-state index contributed by atoms with van der Waals surface area (Å²) in [5, 5.41) is 10.6. The normalized spacial score (nSPS) is 17.7. The van der Waals surface area contributed by atoms with Gasteiger partial charge in [0, 0.05) is 24.2 Å². The van der Waals surface area contributed by atoms with Gasteiger partial charge in [-0.15, -0.1) is 0 Å². The van der Waals surface area contributed by atoms with E-state index in [0.717, 1.165) is 56.4 Å². The molecule has 0 aromatic heterocycles. The Morgan fingerprint density at radius 1 is 1.12 bits per heavy atom. The molecule has 0 radical (unpaired) electrons. The van der Waals surface area contributed by atoms with Gasteiger partial charge in [0.15, 0.2) is 0 Å². The number of nitrogens with zero attached hydrogens (tertiary/aromatic N) is 1. The second kappa shape index (κ2) is 8.42. The Morgan fingerprint density at radius 2 is 1.69 bits per heavy atom. The van der Waals surface area contributed by atoms with E-state index >= 15 is 0 Å². The molecule has 1 atom stereocenters. The van der Waals surface area contributed by atoms with Crippen molar-refractivity contribution in [3.05, 3.63) is 34.4 Å². The van der Waals surface area contributed by atoms with Gasteiger partial charge in [0.25, 0.3) is 5.69 Å². The largest absolute Gasteiger partial charge is 0.269 e. The molecule has 1 aliphatic rings. The standard InChI is InChI=1S/C15H23N3O6S2/c1-12(11-25(21,22)17-13-5-3-2-4-6-13)16-26(23,24)15-9-7-14(8-10-15)18(19)20/h7-10,12-13,16-17H,2-6,11H2,1H3/t12-/m0/s1. The van der Waals surface area contributed by atoms with Gasteiger partial charge in [0.05, 0.1) is 15.6 Å². The number of nitrogens with one attached hydrogen (secondary N) is 2. The molecule has 0 unspecified atom stereocenters. The molecule has 0 saturated heterocycles. The van der Waals surface area contributed by atoms with E-state index in [1.54, 1.807) is 0 Å². The van der Waals surface area contributed by atoms with Crippen LogP contribution in [0.4, 0.5) is 5.69 Å². The lowest BCUT2D eigenvalue weighted by Gasteiger charge is -2.23. The molecule has 2 rings (SSSR count). The van der Waals surface area contributed by atoms with E-state index in [2.05, 4.69) is 9.44 Å². The number of hydrogen-bond acceptors (Lipinski definition) is 6. The van der Waals surface area contributed by atoms with Crippen molar-refractivity contribution in [3.8, 4) is 0 Å². The molecule has 1 aromatic carbocycles. The van der Waals surface area contributed by atoms with E-state index < -0.39 is 31.0 Å². The number of rotatable bonds is 8. The lowest BCUT2D eigenvalue weighted by Crippen LogP contribution is -2.44. The number of nitro groups is 1. The summed E-state index contributed by atoms with van der Waals surface area (Å²) in [6.07, 6.45) is 4.65. The number of hydrogen-bond donors (Lipinski definition) is 2. The molecule has 2 N–H and O–H groups in total. The quantitative estimate of drug-likeness (QED) is 0.497. The van der Waals surface area contributed by atoms with E-state index in [-0.39, 0.29) is 22.4 Å². The van der Waals surface area contributed by atoms with Crippen molar-refractivity contribution in [3.63, 3.8) is 0 Å². The Bertz CT molecular complexity index is 831. The van der Waals surface area contributed by atoms with Crippen molar-refractivity contribution in [2.75, 3.05) is 5.75 Å². The first-order valence-electron chi connectivity index (χ1n) is 8.36. The fourth-order valence-electron chi connectivity index (χ4n) is 2.97. The highest BCUT2D eigenvalue weighted by atomic mass is 32.2. The average molecular weight is 405 g/mol. The van der Waals surface area contributed by atoms with Crippen molar-refractivity contribution >= 4 is 25.7 Å². The maximum absolute atomic E-state index is 12.3. The predicted octanol–water partition coefficient (Wildman–Crippen LogP) is 1.51. The van der Waals surface area contributed by atoms with Gasteiger partial charge in [0.1, 0.15) is 0 Å². The summed E-state index contributed by atoms with van der Waals surface area (Å²) in [5.74, 6) is -0.379. The molecule has 0 spiro atoms. The summed E-state index contributed by atoms with van der Waals surface area (Å²) in [6, 6.07) is 3.45. The topological polar surface area (TPSA) is 135 Å². The van der Waals surface area contributed by atoms with Crippen LogP contribution >= 0.6 is 0 Å². The van der Waals surface area contributed by atoms with Crippen LogP contribution in [0.1, 0.15) is 39.0 Å². The predicted molar refractivity (Wildman–Crippen MR) is 96.7 cm³/mol. The maximum Gasteiger partial charge on any atom is 0.269 e. The molecule has 0 heterocycles. The second-order valence-corrected chi connectivity index (χ2v) is 10.0. The van der Waals surface area contributed by atoms with Crippen LogP contribution in [0.15, 0.2) is 29.2 Å². The number of benzene rings is 1. The van der Waals surface area contributed by atoms with E-state index in [4.69, 9.17) is 0 Å². The minimum absolute atomic E-state index is 0.0905. The molecule has 0 bridgehead atoms. The molecule has 26 heavy (non-hydrogen) atoms. The highest BCUT2D eigenvalue weighted by Crippen LogP contribution is 2.19. The highest BCUT2D eigenvalue weighted by Gasteiger charge is 2.25. The van der Waals surface area contributed by atoms with Crippen molar-refractivity contribution in [1.82, 2.24) is 9.44 Å². The third-order valence-corrected chi connectivity index (χ3v) is 7.37. The first-order valence-corrected chi connectivity index (χ1v) is 11.5. The minimum Gasteiger partial charge on any atom is -0.258 e. The summed E-state index contributed by atoms with van der Waals surface area (Å²) in [7, 11) is -7.59. The molecular weight excluding hydrogens is 382 g/mol. The Kier molecular flexibility index (Phi) is 6.72. The van der Waals surface area contributed by atoms with E-state index in [0.29, 0.717) is 0 Å². The van der Waals surface area contributed by atoms with Crippen molar-refractivity contribution < 1.29 is 21.8 Å². The van der Waals surface area contributed by atoms with Gasteiger partial charge in [-0.05, 0) is 31.9 Å². The fraction of sp³-hybridized carbons (Fsp3) is 0.600. The van der Waals surface area contributed by atoms with Gasteiger partial charge in [-0.25, -0.2) is 26.3 Å². The average Bonchev–Trinajstić information content (AvgIpc) is 2.54. The molecule has 0 amide bonds. The van der Waals surface area contributed by atoms with Crippen molar-refractivity contribution in [1.29, 1.82) is 0 Å². The third kappa shape index (κ3) is 6.01. The maximum atomic E-state index is 12.3. The van der Waals surface area contributed by atoms with Crippen LogP contribution in [0.5, 0.6) is 0 Å². The molecule has 1 aromatic rings. The van der Waals surface area contributed by atoms with Crippen LogP contribution in [-0.4, -0.2) is 39.6 Å². The summed E-state index contributed by atoms with van der Waals surface area (Å²) < 4.78 is 54.0. The molecule has 146 valence electrons. The SMILES string of the molecule is C[C@@H](CS(=O)(=O)NC1CCCCC1)NS(=O)(=O)c1ccc([N+](=O)[O-])cc1. The van der Waals surface area contributed by atoms with Crippen molar-refractivity contribution in [2.45, 2.75) is 56.0 Å². The molecule has 1 fully saturated rings. The minimum atomic E-state index is -3.97. The van der Waals surface area contributed by atoms with Gasteiger partial charge in [0.2, 0.25) is 20.0 Å². The fourth-order valence-corrected chi connectivity index (χ4v) is 5.90. The lowest BCUT2D eigenvalue weighted by atomic mass is 9.96. The zero-order chi connectivity index (χ0) is 19.4. The van der Waals surface area contributed by atoms with Crippen LogP contribution in [0, 0.1) is 10.1 Å². The zero-order valence-corrected chi connectivity index (χ0v) is 16.1. The first-order chi connectivity index (χ1) is 12.1. The van der Waals surface area contributed by atoms with Crippen molar-refractivity contribution in [2.24, 2.45) is 0 Å². The van der Waals surface area contributed by atoms with Crippen LogP contribution in [-0.2, 0) is 20.0 Å². The van der Waals surface area contributed by atoms with Crippen LogP contribution in [0.3, 0.4) is 0 Å². The summed E-state index contributed by atoms with van der Waals surface area (Å²) in [4.78, 5) is 9.84. The van der Waals surface area contributed by atoms with Gasteiger partial charge < -0.3 is 0 Å². The Morgan fingerprint density at radius 3 is 2.23 bits per heavy atom. The molecular formula is C15H23N3O6S2. The van der Waals surface area contributed by atoms with Gasteiger partial charge in [-0.2, -0.15) is 0 Å². The summed E-state index contributed by atoms with van der Waals surface area (Å²) >= 11 is 0. The monoisotopic (exact) mass is 405 g/mol. The molecule has 11 heteroatoms. The highest BCUT2D eigenvalue weighted by molar-refractivity contribution is 7.90. The molecule has 1 saturated carbocycles. The van der Waals surface area contributed by atoms with Gasteiger partial charge >= 0.3 is 0 Å². The molecule has 9 nitrogen and oxygen atoms in total. The van der Waals surface area contributed by atoms with E-state index in [1.165, 1.54) is 6.92 Å². The second-order valence-electron chi connectivity index (χ2n) is 6.51. The number of sulfonamides is 2. The van der Waals surface area contributed by atoms with E-state index in [1.807, 2.05) is 0 Å². The van der Waals surface area contributed by atoms with Gasteiger partial charge in [-0.1, -0.05) is 19.3 Å². The Hall–Kier alpha value is -1.56. The Labute approximate surface area is 153 Å². The van der Waals surface area contributed by atoms with Crippen LogP contribution < -0.4 is 9.44 Å². The number of non-ortho nitro benzene ring substituents is 1.